The Morgan fingerprint density at radius 3 is 2.03 bits per heavy atom. The van der Waals surface area contributed by atoms with E-state index >= 15 is 0 Å². The van der Waals surface area contributed by atoms with E-state index in [0.29, 0.717) is 11.5 Å². The number of rotatable bonds is 3. The van der Waals surface area contributed by atoms with Crippen molar-refractivity contribution in [1.82, 2.24) is 9.97 Å². The molecule has 0 N–H and O–H groups in total. The molecule has 1 aromatic heterocycles. The quantitative estimate of drug-likeness (QED) is 0.319. The van der Waals surface area contributed by atoms with Crippen LogP contribution in [0.1, 0.15) is 6.42 Å². The molecule has 4 atom stereocenters. The van der Waals surface area contributed by atoms with Gasteiger partial charge in [-0.2, -0.15) is 0 Å². The first-order valence-electron chi connectivity index (χ1n) is 11.7. The highest BCUT2D eigenvalue weighted by atomic mass is 16.2. The third kappa shape index (κ3) is 2.73. The van der Waals surface area contributed by atoms with Crippen LogP contribution in [0, 0.1) is 23.7 Å². The van der Waals surface area contributed by atoms with Crippen molar-refractivity contribution in [2.24, 2.45) is 23.7 Å². The maximum Gasteiger partial charge on any atom is 0.238 e. The van der Waals surface area contributed by atoms with Gasteiger partial charge >= 0.3 is 0 Å². The van der Waals surface area contributed by atoms with E-state index in [1.807, 2.05) is 78.9 Å². The summed E-state index contributed by atoms with van der Waals surface area (Å²) in [5.41, 5.74) is 4.20. The van der Waals surface area contributed by atoms with Gasteiger partial charge in [0.05, 0.1) is 28.7 Å². The molecule has 5 heteroatoms. The number of carbonyl (C=O) groups excluding carboxylic acids is 2. The molecule has 1 saturated heterocycles. The maximum atomic E-state index is 13.2. The Morgan fingerprint density at radius 2 is 1.32 bits per heavy atom. The average molecular weight is 444 g/mol. The molecule has 3 aliphatic rings. The van der Waals surface area contributed by atoms with Crippen LogP contribution in [0.25, 0.3) is 33.5 Å². The Morgan fingerprint density at radius 1 is 0.676 bits per heavy atom. The fourth-order valence-corrected chi connectivity index (χ4v) is 5.94. The predicted molar refractivity (Wildman–Crippen MR) is 131 cm³/mol. The van der Waals surface area contributed by atoms with Gasteiger partial charge in [-0.15, -0.1) is 0 Å². The zero-order valence-corrected chi connectivity index (χ0v) is 18.3. The van der Waals surface area contributed by atoms with Crippen molar-refractivity contribution in [1.29, 1.82) is 0 Å². The fraction of sp³-hybridized carbons (Fsp3) is 0.172. The first-order chi connectivity index (χ1) is 16.7. The lowest BCUT2D eigenvalue weighted by atomic mass is 9.85. The second-order valence-corrected chi connectivity index (χ2v) is 9.34. The van der Waals surface area contributed by atoms with E-state index in [4.69, 9.17) is 9.97 Å². The lowest BCUT2D eigenvalue weighted by Crippen LogP contribution is -2.32. The zero-order chi connectivity index (χ0) is 22.8. The van der Waals surface area contributed by atoms with E-state index in [9.17, 15) is 9.59 Å². The van der Waals surface area contributed by atoms with Crippen LogP contribution in [-0.4, -0.2) is 21.8 Å². The lowest BCUT2D eigenvalue weighted by Gasteiger charge is -2.18. The molecule has 7 rings (SSSR count). The van der Waals surface area contributed by atoms with Crippen molar-refractivity contribution >= 4 is 28.4 Å². The van der Waals surface area contributed by atoms with E-state index < -0.39 is 0 Å². The number of imide groups is 1. The molecule has 2 amide bonds. The fourth-order valence-electron chi connectivity index (χ4n) is 5.94. The third-order valence-electron chi connectivity index (χ3n) is 7.50. The number of benzene rings is 3. The SMILES string of the molecule is O=C1[C@H]2[C@H](C(=O)N1c1ccc(-c3nc(-c4ccccc4)nc4ccccc34)cc1)[C@H]1C=C[C@H]2C1. The van der Waals surface area contributed by atoms with Crippen LogP contribution < -0.4 is 4.90 Å². The first-order valence-corrected chi connectivity index (χ1v) is 11.7. The average Bonchev–Trinajstić information content (AvgIpc) is 3.58. The Balaban J connectivity index is 1.28. The van der Waals surface area contributed by atoms with Gasteiger partial charge in [0.15, 0.2) is 5.82 Å². The lowest BCUT2D eigenvalue weighted by molar-refractivity contribution is -0.123. The molecule has 2 fully saturated rings. The van der Waals surface area contributed by atoms with E-state index in [1.54, 1.807) is 0 Å². The summed E-state index contributed by atoms with van der Waals surface area (Å²) in [6.45, 7) is 0. The van der Waals surface area contributed by atoms with Crippen LogP contribution in [0.5, 0.6) is 0 Å². The third-order valence-corrected chi connectivity index (χ3v) is 7.50. The Labute approximate surface area is 196 Å². The van der Waals surface area contributed by atoms with Gasteiger partial charge in [0, 0.05) is 16.5 Å². The summed E-state index contributed by atoms with van der Waals surface area (Å²) in [4.78, 5) is 37.4. The molecule has 1 saturated carbocycles. The highest BCUT2D eigenvalue weighted by Crippen LogP contribution is 2.53. The molecule has 3 aromatic carbocycles. The van der Waals surface area contributed by atoms with Crippen LogP contribution in [0.15, 0.2) is 91.0 Å². The number of aromatic nitrogens is 2. The molecule has 0 spiro atoms. The minimum absolute atomic E-state index is 0.0570. The van der Waals surface area contributed by atoms with Gasteiger partial charge in [0.1, 0.15) is 0 Å². The number of nitrogens with zero attached hydrogens (tertiary/aromatic N) is 3. The van der Waals surface area contributed by atoms with Crippen LogP contribution >= 0.6 is 0 Å². The zero-order valence-electron chi connectivity index (χ0n) is 18.3. The van der Waals surface area contributed by atoms with E-state index in [-0.39, 0.29) is 35.5 Å². The molecule has 2 bridgehead atoms. The second kappa shape index (κ2) is 7.19. The minimum atomic E-state index is -0.193. The van der Waals surface area contributed by atoms with Gasteiger partial charge in [0.2, 0.25) is 11.8 Å². The molecule has 2 heterocycles. The molecule has 0 radical (unpaired) electrons. The maximum absolute atomic E-state index is 13.2. The highest BCUT2D eigenvalue weighted by molar-refractivity contribution is 6.22. The number of para-hydroxylation sites is 1. The van der Waals surface area contributed by atoms with E-state index in [2.05, 4.69) is 12.2 Å². The van der Waals surface area contributed by atoms with Crippen LogP contribution in [-0.2, 0) is 9.59 Å². The van der Waals surface area contributed by atoms with Gasteiger partial charge in [0.25, 0.3) is 0 Å². The Hall–Kier alpha value is -4.12. The van der Waals surface area contributed by atoms with Crippen molar-refractivity contribution in [3.05, 3.63) is 91.0 Å². The molecule has 1 aliphatic heterocycles. The van der Waals surface area contributed by atoms with Gasteiger partial charge in [-0.25, -0.2) is 9.97 Å². The molecular formula is C29H21N3O2. The van der Waals surface area contributed by atoms with Gasteiger partial charge in [-0.3, -0.25) is 14.5 Å². The topological polar surface area (TPSA) is 63.2 Å². The summed E-state index contributed by atoms with van der Waals surface area (Å²) >= 11 is 0. The van der Waals surface area contributed by atoms with Gasteiger partial charge in [-0.05, 0) is 36.5 Å². The number of carbonyl (C=O) groups is 2. The number of allylic oxidation sites excluding steroid dienone is 2. The van der Waals surface area contributed by atoms with Crippen LogP contribution in [0.2, 0.25) is 0 Å². The molecule has 0 unspecified atom stereocenters. The van der Waals surface area contributed by atoms with E-state index in [0.717, 1.165) is 34.1 Å². The highest BCUT2D eigenvalue weighted by Gasteiger charge is 2.59. The smallest absolute Gasteiger partial charge is 0.238 e. The van der Waals surface area contributed by atoms with Gasteiger partial charge in [-0.1, -0.05) is 72.8 Å². The number of hydrogen-bond acceptors (Lipinski definition) is 4. The first kappa shape index (κ1) is 19.4. The normalized spacial score (nSPS) is 24.9. The largest absolute Gasteiger partial charge is 0.274 e. The van der Waals surface area contributed by atoms with Crippen LogP contribution in [0.3, 0.4) is 0 Å². The van der Waals surface area contributed by atoms with Gasteiger partial charge < -0.3 is 0 Å². The molecule has 4 aromatic rings. The van der Waals surface area contributed by atoms with Crippen molar-refractivity contribution < 1.29 is 9.59 Å². The predicted octanol–water partition coefficient (Wildman–Crippen LogP) is 5.28. The van der Waals surface area contributed by atoms with Crippen molar-refractivity contribution in [2.75, 3.05) is 4.90 Å². The summed E-state index contributed by atoms with van der Waals surface area (Å²) < 4.78 is 0. The number of fused-ring (bicyclic) bond motifs is 6. The summed E-state index contributed by atoms with van der Waals surface area (Å²) in [7, 11) is 0. The standard InChI is InChI=1S/C29H21N3O2/c33-28-24-19-10-11-20(16-19)25(24)29(34)32(28)21-14-12-17(13-15-21)26-22-8-4-5-9-23(22)30-27(31-26)18-6-2-1-3-7-18/h1-15,19-20,24-25H,16H2/t19-,20-,24+,25+/m0/s1. The van der Waals surface area contributed by atoms with Crippen LogP contribution in [0.4, 0.5) is 5.69 Å². The summed E-state index contributed by atoms with van der Waals surface area (Å²) in [5.74, 6) is 0.581. The molecule has 5 nitrogen and oxygen atoms in total. The van der Waals surface area contributed by atoms with Crippen molar-refractivity contribution in [3.8, 4) is 22.6 Å². The van der Waals surface area contributed by atoms with E-state index in [1.165, 1.54) is 4.90 Å². The summed E-state index contributed by atoms with van der Waals surface area (Å²) in [6, 6.07) is 25.5. The Kier molecular flexibility index (Phi) is 4.09. The summed E-state index contributed by atoms with van der Waals surface area (Å²) in [6.07, 6.45) is 5.17. The number of anilines is 1. The monoisotopic (exact) mass is 443 g/mol. The molecular weight excluding hydrogens is 422 g/mol. The Bertz CT molecular complexity index is 1460. The molecule has 164 valence electrons. The second-order valence-electron chi connectivity index (χ2n) is 9.34. The van der Waals surface area contributed by atoms with Crippen molar-refractivity contribution in [2.45, 2.75) is 6.42 Å². The molecule has 2 aliphatic carbocycles. The minimum Gasteiger partial charge on any atom is -0.274 e. The summed E-state index contributed by atoms with van der Waals surface area (Å²) in [5, 5.41) is 0.959. The molecule has 34 heavy (non-hydrogen) atoms. The number of amides is 2. The van der Waals surface area contributed by atoms with Crippen molar-refractivity contribution in [3.63, 3.8) is 0 Å². The number of hydrogen-bond donors (Lipinski definition) is 0.